The van der Waals surface area contributed by atoms with E-state index in [-0.39, 0.29) is 0 Å². The first-order valence-corrected chi connectivity index (χ1v) is 4.09. The number of furan rings is 1. The summed E-state index contributed by atoms with van der Waals surface area (Å²) in [6.07, 6.45) is 4.02. The lowest BCUT2D eigenvalue weighted by atomic mass is 10.1. The molecule has 0 unspecified atom stereocenters. The number of aromatic nitrogens is 1. The molecule has 2 heterocycles. The van der Waals surface area contributed by atoms with E-state index >= 15 is 0 Å². The highest BCUT2D eigenvalue weighted by Crippen LogP contribution is 2.23. The van der Waals surface area contributed by atoms with Gasteiger partial charge in [0.05, 0.1) is 12.5 Å². The monoisotopic (exact) mass is 178 g/mol. The van der Waals surface area contributed by atoms with Crippen LogP contribution in [0.2, 0.25) is 0 Å². The minimum Gasteiger partial charge on any atom is -0.461 e. The van der Waals surface area contributed by atoms with Gasteiger partial charge in [0.25, 0.3) is 0 Å². The van der Waals surface area contributed by atoms with Crippen LogP contribution in [0.3, 0.4) is 0 Å². The van der Waals surface area contributed by atoms with Crippen LogP contribution in [0.1, 0.15) is 5.56 Å². The lowest BCUT2D eigenvalue weighted by Crippen LogP contribution is -2.02. The fourth-order valence-corrected chi connectivity index (χ4v) is 1.20. The fourth-order valence-electron chi connectivity index (χ4n) is 1.20. The topological polar surface area (TPSA) is 65.2 Å². The Morgan fingerprint density at radius 3 is 3.08 bits per heavy atom. The van der Waals surface area contributed by atoms with Crippen molar-refractivity contribution >= 4 is 0 Å². The Kier molecular flexibility index (Phi) is 2.14. The van der Waals surface area contributed by atoms with Crippen molar-refractivity contribution in [1.29, 1.82) is 0 Å². The van der Waals surface area contributed by atoms with Gasteiger partial charge in [-0.2, -0.15) is 0 Å². The number of rotatable bonds is 3. The maximum Gasteiger partial charge on any atom is 0.205 e. The van der Waals surface area contributed by atoms with Crippen molar-refractivity contribution in [3.63, 3.8) is 0 Å². The van der Waals surface area contributed by atoms with Gasteiger partial charge >= 0.3 is 0 Å². The van der Waals surface area contributed by atoms with Gasteiger partial charge in [-0.05, 0) is 25.1 Å². The molecule has 0 saturated carbocycles. The molecule has 13 heavy (non-hydrogen) atoms. The van der Waals surface area contributed by atoms with Crippen LogP contribution in [-0.4, -0.2) is 11.7 Å². The summed E-state index contributed by atoms with van der Waals surface area (Å²) in [6, 6.07) is 3.64. The van der Waals surface area contributed by atoms with Gasteiger partial charge in [0, 0.05) is 5.56 Å². The van der Waals surface area contributed by atoms with E-state index in [2.05, 4.69) is 5.16 Å². The predicted molar refractivity (Wildman–Crippen MR) is 47.0 cm³/mol. The summed E-state index contributed by atoms with van der Waals surface area (Å²) in [5.74, 6) is 1.37. The van der Waals surface area contributed by atoms with Gasteiger partial charge in [0.2, 0.25) is 5.76 Å². The van der Waals surface area contributed by atoms with Crippen LogP contribution in [0.4, 0.5) is 0 Å². The number of hydrogen-bond acceptors (Lipinski definition) is 4. The van der Waals surface area contributed by atoms with E-state index in [1.165, 1.54) is 0 Å². The normalized spacial score (nSPS) is 10.5. The number of nitrogens with two attached hydrogens (primary N) is 1. The maximum atomic E-state index is 5.44. The molecule has 2 aromatic heterocycles. The third-order valence-electron chi connectivity index (χ3n) is 1.80. The molecule has 0 radical (unpaired) electrons. The zero-order valence-electron chi connectivity index (χ0n) is 7.06. The second-order valence-electron chi connectivity index (χ2n) is 2.70. The van der Waals surface area contributed by atoms with Crippen molar-refractivity contribution in [3.05, 3.63) is 30.2 Å². The van der Waals surface area contributed by atoms with E-state index in [4.69, 9.17) is 14.7 Å². The van der Waals surface area contributed by atoms with Gasteiger partial charge in [-0.3, -0.25) is 0 Å². The molecule has 2 rings (SSSR count). The quantitative estimate of drug-likeness (QED) is 0.772. The Hall–Kier alpha value is -1.55. The third kappa shape index (κ3) is 1.48. The lowest BCUT2D eigenvalue weighted by Gasteiger charge is -1.94. The van der Waals surface area contributed by atoms with Gasteiger partial charge in [0.15, 0.2) is 5.76 Å². The Balaban J connectivity index is 2.35. The minimum absolute atomic E-state index is 0.578. The second kappa shape index (κ2) is 3.45. The Morgan fingerprint density at radius 1 is 1.46 bits per heavy atom. The zero-order valence-corrected chi connectivity index (χ0v) is 7.06. The number of hydrogen-bond donors (Lipinski definition) is 1. The summed E-state index contributed by atoms with van der Waals surface area (Å²) in [4.78, 5) is 0. The van der Waals surface area contributed by atoms with Crippen LogP contribution in [0.15, 0.2) is 33.5 Å². The van der Waals surface area contributed by atoms with Crippen molar-refractivity contribution in [2.45, 2.75) is 6.42 Å². The summed E-state index contributed by atoms with van der Waals surface area (Å²) >= 11 is 0. The van der Waals surface area contributed by atoms with Crippen LogP contribution < -0.4 is 5.73 Å². The molecule has 0 aliphatic carbocycles. The van der Waals surface area contributed by atoms with Crippen LogP contribution in [0.5, 0.6) is 0 Å². The largest absolute Gasteiger partial charge is 0.461 e. The van der Waals surface area contributed by atoms with Gasteiger partial charge in [-0.1, -0.05) is 5.16 Å². The van der Waals surface area contributed by atoms with Crippen LogP contribution in [0, 0.1) is 0 Å². The molecular weight excluding hydrogens is 168 g/mol. The number of nitrogens with zero attached hydrogens (tertiary/aromatic N) is 1. The van der Waals surface area contributed by atoms with Gasteiger partial charge in [0.1, 0.15) is 0 Å². The Labute approximate surface area is 75.3 Å². The summed E-state index contributed by atoms with van der Waals surface area (Å²) in [5, 5.41) is 3.71. The molecule has 2 aromatic rings. The summed E-state index contributed by atoms with van der Waals surface area (Å²) < 4.78 is 10.3. The van der Waals surface area contributed by atoms with Crippen LogP contribution in [0.25, 0.3) is 11.5 Å². The molecule has 4 heteroatoms. The molecule has 68 valence electrons. The summed E-state index contributed by atoms with van der Waals surface area (Å²) in [7, 11) is 0. The first-order valence-electron chi connectivity index (χ1n) is 4.09. The Bertz CT molecular complexity index is 365. The highest BCUT2D eigenvalue weighted by molar-refractivity contribution is 5.53. The van der Waals surface area contributed by atoms with Crippen molar-refractivity contribution in [3.8, 4) is 11.5 Å². The Morgan fingerprint density at radius 2 is 2.38 bits per heavy atom. The van der Waals surface area contributed by atoms with E-state index in [1.54, 1.807) is 12.5 Å². The van der Waals surface area contributed by atoms with E-state index in [9.17, 15) is 0 Å². The highest BCUT2D eigenvalue weighted by atomic mass is 16.5. The maximum absolute atomic E-state index is 5.44. The van der Waals surface area contributed by atoms with Crippen molar-refractivity contribution in [1.82, 2.24) is 5.16 Å². The third-order valence-corrected chi connectivity index (χ3v) is 1.80. The van der Waals surface area contributed by atoms with Gasteiger partial charge in [-0.15, -0.1) is 0 Å². The van der Waals surface area contributed by atoms with Crippen LogP contribution in [-0.2, 0) is 6.42 Å². The van der Waals surface area contributed by atoms with Crippen molar-refractivity contribution in [2.75, 3.05) is 6.54 Å². The molecule has 0 aliphatic rings. The molecule has 0 aromatic carbocycles. The van der Waals surface area contributed by atoms with E-state index in [0.717, 1.165) is 12.0 Å². The standard InChI is InChI=1S/C9H10N2O2/c10-4-3-7-6-11-13-9(7)8-2-1-5-12-8/h1-2,5-6H,3-4,10H2. The molecule has 4 nitrogen and oxygen atoms in total. The molecule has 0 amide bonds. The first-order chi connectivity index (χ1) is 6.42. The molecule has 0 bridgehead atoms. The first kappa shape index (κ1) is 8.07. The smallest absolute Gasteiger partial charge is 0.205 e. The molecule has 0 atom stereocenters. The second-order valence-corrected chi connectivity index (χ2v) is 2.70. The SMILES string of the molecule is NCCc1cnoc1-c1ccco1. The average molecular weight is 178 g/mol. The zero-order chi connectivity index (χ0) is 9.10. The van der Waals surface area contributed by atoms with E-state index in [0.29, 0.717) is 18.1 Å². The minimum atomic E-state index is 0.578. The molecular formula is C9H10N2O2. The molecule has 0 aliphatic heterocycles. The molecule has 0 spiro atoms. The molecule has 0 fully saturated rings. The molecule has 0 saturated heterocycles. The highest BCUT2D eigenvalue weighted by Gasteiger charge is 2.11. The lowest BCUT2D eigenvalue weighted by molar-refractivity contribution is 0.417. The van der Waals surface area contributed by atoms with Crippen molar-refractivity contribution in [2.24, 2.45) is 5.73 Å². The van der Waals surface area contributed by atoms with Crippen molar-refractivity contribution < 1.29 is 8.94 Å². The van der Waals surface area contributed by atoms with E-state index < -0.39 is 0 Å². The van der Waals surface area contributed by atoms with E-state index in [1.807, 2.05) is 12.1 Å². The predicted octanol–water partition coefficient (Wildman–Crippen LogP) is 1.44. The van der Waals surface area contributed by atoms with Crippen LogP contribution >= 0.6 is 0 Å². The average Bonchev–Trinajstić information content (AvgIpc) is 2.71. The summed E-state index contributed by atoms with van der Waals surface area (Å²) in [5.41, 5.74) is 6.43. The fraction of sp³-hybridized carbons (Fsp3) is 0.222. The molecule has 2 N–H and O–H groups in total. The van der Waals surface area contributed by atoms with Gasteiger partial charge in [-0.25, -0.2) is 0 Å². The van der Waals surface area contributed by atoms with Gasteiger partial charge < -0.3 is 14.7 Å². The summed E-state index contributed by atoms with van der Waals surface area (Å²) in [6.45, 7) is 0.578.